The molecule has 8 nitrogen and oxygen atoms in total. The summed E-state index contributed by atoms with van der Waals surface area (Å²) >= 11 is 0. The molecule has 132 valence electrons. The van der Waals surface area contributed by atoms with Crippen LogP contribution >= 0.6 is 0 Å². The lowest BCUT2D eigenvalue weighted by atomic mass is 9.86. The Morgan fingerprint density at radius 1 is 1.29 bits per heavy atom. The van der Waals surface area contributed by atoms with Gasteiger partial charge in [-0.15, -0.1) is 0 Å². The Morgan fingerprint density at radius 2 is 2.12 bits per heavy atom. The zero-order chi connectivity index (χ0) is 16.9. The minimum absolute atomic E-state index is 0.132. The van der Waals surface area contributed by atoms with Gasteiger partial charge in [0.1, 0.15) is 6.10 Å². The van der Waals surface area contributed by atoms with E-state index in [4.69, 9.17) is 9.47 Å². The molecule has 0 unspecified atom stereocenters. The van der Waals surface area contributed by atoms with Crippen molar-refractivity contribution in [3.05, 3.63) is 32.3 Å². The van der Waals surface area contributed by atoms with Gasteiger partial charge in [0.05, 0.1) is 19.1 Å². The third-order valence-electron chi connectivity index (χ3n) is 4.67. The molecule has 1 aliphatic carbocycles. The van der Waals surface area contributed by atoms with Crippen LogP contribution in [0.3, 0.4) is 0 Å². The first-order chi connectivity index (χ1) is 11.6. The summed E-state index contributed by atoms with van der Waals surface area (Å²) in [5, 5.41) is 7.31. The Balaban J connectivity index is 1.55. The highest BCUT2D eigenvalue weighted by molar-refractivity contribution is 5.78. The normalized spacial score (nSPS) is 24.3. The van der Waals surface area contributed by atoms with Crippen molar-refractivity contribution in [3.63, 3.8) is 0 Å². The van der Waals surface area contributed by atoms with Crippen LogP contribution in [0.5, 0.6) is 0 Å². The molecule has 0 spiro atoms. The lowest BCUT2D eigenvalue weighted by Gasteiger charge is -2.34. The number of aromatic amines is 2. The molecule has 1 aliphatic heterocycles. The van der Waals surface area contributed by atoms with E-state index in [1.807, 2.05) is 0 Å². The topological polar surface area (TPSA) is 113 Å². The molecule has 1 aromatic heterocycles. The number of carbonyl (C=O) groups is 1. The van der Waals surface area contributed by atoms with Gasteiger partial charge in [-0.2, -0.15) is 0 Å². The van der Waals surface area contributed by atoms with Crippen LogP contribution in [-0.2, 0) is 20.7 Å². The molecule has 0 bridgehead atoms. The maximum absolute atomic E-state index is 12.2. The maximum Gasteiger partial charge on any atom is 0.266 e. The molecule has 3 rings (SSSR count). The summed E-state index contributed by atoms with van der Waals surface area (Å²) in [5.41, 5.74) is -0.755. The molecular weight excluding hydrogens is 314 g/mol. The number of carbonyl (C=O) groups excluding carboxylic acids is 1. The molecule has 2 fully saturated rings. The van der Waals surface area contributed by atoms with Crippen LogP contribution in [-0.4, -0.2) is 48.1 Å². The highest BCUT2D eigenvalue weighted by Crippen LogP contribution is 2.27. The van der Waals surface area contributed by atoms with Gasteiger partial charge in [0.2, 0.25) is 5.91 Å². The quantitative estimate of drug-likeness (QED) is 0.659. The van der Waals surface area contributed by atoms with Crippen molar-refractivity contribution in [2.24, 2.45) is 5.92 Å². The zero-order valence-electron chi connectivity index (χ0n) is 13.5. The van der Waals surface area contributed by atoms with Gasteiger partial charge in [0.15, 0.2) is 0 Å². The second-order valence-corrected chi connectivity index (χ2v) is 6.50. The molecule has 2 aliphatic rings. The first kappa shape index (κ1) is 16.9. The van der Waals surface area contributed by atoms with Crippen LogP contribution in [0.2, 0.25) is 0 Å². The third kappa shape index (κ3) is 4.33. The summed E-state index contributed by atoms with van der Waals surface area (Å²) in [5.74, 6) is 0.327. The number of hydrogen-bond donors (Lipinski definition) is 3. The summed E-state index contributed by atoms with van der Waals surface area (Å²) in [7, 11) is 0. The van der Waals surface area contributed by atoms with E-state index in [0.717, 1.165) is 6.07 Å². The second-order valence-electron chi connectivity index (χ2n) is 6.50. The minimum atomic E-state index is -0.463. The highest BCUT2D eigenvalue weighted by Gasteiger charge is 2.29. The van der Waals surface area contributed by atoms with Gasteiger partial charge in [0.25, 0.3) is 11.1 Å². The van der Waals surface area contributed by atoms with Crippen LogP contribution in [0, 0.1) is 5.92 Å². The van der Waals surface area contributed by atoms with E-state index >= 15 is 0 Å². The molecule has 1 amide bonds. The van der Waals surface area contributed by atoms with Crippen molar-refractivity contribution in [3.8, 4) is 0 Å². The summed E-state index contributed by atoms with van der Waals surface area (Å²) in [4.78, 5) is 35.1. The van der Waals surface area contributed by atoms with E-state index in [0.29, 0.717) is 32.2 Å². The lowest BCUT2D eigenvalue weighted by Crippen LogP contribution is -2.51. The Labute approximate surface area is 138 Å². The molecule has 0 radical (unpaired) electrons. The van der Waals surface area contributed by atoms with Crippen LogP contribution in [0.4, 0.5) is 0 Å². The smallest absolute Gasteiger partial charge is 0.266 e. The van der Waals surface area contributed by atoms with Crippen LogP contribution in [0.25, 0.3) is 0 Å². The number of rotatable bonds is 6. The number of H-pyrrole nitrogens is 2. The predicted molar refractivity (Wildman–Crippen MR) is 85.8 cm³/mol. The van der Waals surface area contributed by atoms with Crippen LogP contribution < -0.4 is 16.4 Å². The molecule has 3 N–H and O–H groups in total. The molecule has 1 saturated carbocycles. The fraction of sp³-hybridized carbons (Fsp3) is 0.688. The molecule has 2 heterocycles. The van der Waals surface area contributed by atoms with Gasteiger partial charge < -0.3 is 14.8 Å². The van der Waals surface area contributed by atoms with E-state index < -0.39 is 11.1 Å². The standard InChI is InChI=1S/C16H23N3O5/c20-14(6-11-7-15(21)18-19-16(11)22)17-12-4-5-23-9-13(12)24-8-10-2-1-3-10/h7,10,12-13H,1-6,8-9H2,(H,17,20)(H,18,21)(H,19,22)/t12-,13-/m1/s1. The van der Waals surface area contributed by atoms with Gasteiger partial charge in [-0.05, 0) is 25.2 Å². The Kier molecular flexibility index (Phi) is 5.47. The Bertz CT molecular complexity index is 679. The molecule has 24 heavy (non-hydrogen) atoms. The molecule has 8 heteroatoms. The zero-order valence-corrected chi connectivity index (χ0v) is 13.5. The number of aromatic nitrogens is 2. The van der Waals surface area contributed by atoms with E-state index in [1.54, 1.807) is 0 Å². The van der Waals surface area contributed by atoms with E-state index in [1.165, 1.54) is 19.3 Å². The number of hydrogen-bond acceptors (Lipinski definition) is 5. The Hall–Kier alpha value is -1.93. The average Bonchev–Trinajstić information content (AvgIpc) is 2.51. The summed E-state index contributed by atoms with van der Waals surface area (Å²) in [6.45, 7) is 1.73. The van der Waals surface area contributed by atoms with Gasteiger partial charge in [-0.1, -0.05) is 6.42 Å². The fourth-order valence-corrected chi connectivity index (χ4v) is 2.98. The van der Waals surface area contributed by atoms with Crippen molar-refractivity contribution in [1.29, 1.82) is 0 Å². The van der Waals surface area contributed by atoms with E-state index in [-0.39, 0.29) is 30.0 Å². The number of nitrogens with one attached hydrogen (secondary N) is 3. The van der Waals surface area contributed by atoms with Gasteiger partial charge >= 0.3 is 0 Å². The fourth-order valence-electron chi connectivity index (χ4n) is 2.98. The third-order valence-corrected chi connectivity index (χ3v) is 4.67. The monoisotopic (exact) mass is 337 g/mol. The number of amides is 1. The highest BCUT2D eigenvalue weighted by atomic mass is 16.5. The first-order valence-electron chi connectivity index (χ1n) is 8.41. The van der Waals surface area contributed by atoms with Crippen molar-refractivity contribution < 1.29 is 14.3 Å². The number of ether oxygens (including phenoxy) is 2. The van der Waals surface area contributed by atoms with Gasteiger partial charge in [-0.25, -0.2) is 0 Å². The van der Waals surface area contributed by atoms with Crippen molar-refractivity contribution in [2.75, 3.05) is 19.8 Å². The van der Waals surface area contributed by atoms with E-state index in [9.17, 15) is 14.4 Å². The average molecular weight is 337 g/mol. The van der Waals surface area contributed by atoms with Crippen molar-refractivity contribution in [2.45, 2.75) is 44.2 Å². The molecule has 1 saturated heterocycles. The summed E-state index contributed by atoms with van der Waals surface area (Å²) in [6, 6.07) is 1.01. The first-order valence-corrected chi connectivity index (χ1v) is 8.41. The second kappa shape index (κ2) is 7.76. The lowest BCUT2D eigenvalue weighted by molar-refractivity contribution is -0.126. The minimum Gasteiger partial charge on any atom is -0.379 e. The SMILES string of the molecule is O=C(Cc1cc(=O)[nH][nH]c1=O)N[C@@H]1CCOC[C@H]1OCC1CCC1. The summed E-state index contributed by atoms with van der Waals surface area (Å²) < 4.78 is 11.4. The van der Waals surface area contributed by atoms with Crippen LogP contribution in [0.1, 0.15) is 31.2 Å². The van der Waals surface area contributed by atoms with Gasteiger partial charge in [0, 0.05) is 24.8 Å². The van der Waals surface area contributed by atoms with Crippen molar-refractivity contribution in [1.82, 2.24) is 15.5 Å². The van der Waals surface area contributed by atoms with E-state index in [2.05, 4.69) is 15.5 Å². The summed E-state index contributed by atoms with van der Waals surface area (Å²) in [6.07, 6.45) is 4.05. The molecule has 0 aromatic carbocycles. The predicted octanol–water partition coefficient (Wildman–Crippen LogP) is -0.304. The molecular formula is C16H23N3O5. The van der Waals surface area contributed by atoms with Crippen LogP contribution in [0.15, 0.2) is 15.7 Å². The largest absolute Gasteiger partial charge is 0.379 e. The molecule has 1 aromatic rings. The van der Waals surface area contributed by atoms with Crippen molar-refractivity contribution >= 4 is 5.91 Å². The Morgan fingerprint density at radius 3 is 2.88 bits per heavy atom. The maximum atomic E-state index is 12.2. The van der Waals surface area contributed by atoms with Gasteiger partial charge in [-0.3, -0.25) is 24.6 Å². The molecule has 2 atom stereocenters.